The maximum Gasteiger partial charge on any atom is 0.241 e. The van der Waals surface area contributed by atoms with Crippen LogP contribution in [0, 0.1) is 5.41 Å². The first-order chi connectivity index (χ1) is 22.1. The maximum atomic E-state index is 14.0. The molecule has 2 aliphatic rings. The quantitative estimate of drug-likeness (QED) is 0.210. The van der Waals surface area contributed by atoms with Crippen LogP contribution in [-0.4, -0.2) is 106 Å². The number of likely N-dealkylation sites (N-methyl/N-ethyl adjacent to an activating group) is 1. The smallest absolute Gasteiger partial charge is 0.241 e. The van der Waals surface area contributed by atoms with E-state index in [-0.39, 0.29) is 55.5 Å². The van der Waals surface area contributed by atoms with Gasteiger partial charge in [-0.25, -0.2) is 8.42 Å². The minimum atomic E-state index is -4.19. The lowest BCUT2D eigenvalue weighted by Crippen LogP contribution is -2.56. The van der Waals surface area contributed by atoms with Crippen LogP contribution in [0.15, 0.2) is 77.7 Å². The lowest BCUT2D eigenvalue weighted by Gasteiger charge is -2.38. The molecule has 46 heavy (non-hydrogen) atoms. The second-order valence-electron chi connectivity index (χ2n) is 11.8. The number of nitrogens with two attached hydrogens (primary N) is 1. The predicted octanol–water partition coefficient (Wildman–Crippen LogP) is 2.14. The molecule has 0 spiro atoms. The number of guanidine groups is 1. The third kappa shape index (κ3) is 8.40. The molecular formula is C33H42N6O6S. The molecule has 12 nitrogen and oxygen atoms in total. The highest BCUT2D eigenvalue weighted by Gasteiger charge is 2.36. The molecule has 2 saturated heterocycles. The van der Waals surface area contributed by atoms with Gasteiger partial charge in [-0.2, -0.15) is 4.72 Å². The van der Waals surface area contributed by atoms with Gasteiger partial charge in [-0.15, -0.1) is 0 Å². The Balaban J connectivity index is 1.31. The fourth-order valence-electron chi connectivity index (χ4n) is 5.90. The summed E-state index contributed by atoms with van der Waals surface area (Å²) < 4.78 is 41.6. The summed E-state index contributed by atoms with van der Waals surface area (Å²) in [5.74, 6) is -0.946. The summed E-state index contributed by atoms with van der Waals surface area (Å²) in [6, 6.07) is 20.3. The molecule has 0 radical (unpaired) electrons. The summed E-state index contributed by atoms with van der Waals surface area (Å²) in [5, 5.41) is 9.42. The van der Waals surface area contributed by atoms with Crippen molar-refractivity contribution < 1.29 is 27.5 Å². The van der Waals surface area contributed by atoms with Crippen LogP contribution in [0.25, 0.3) is 10.8 Å². The average Bonchev–Trinajstić information content (AvgIpc) is 3.07. The van der Waals surface area contributed by atoms with Gasteiger partial charge in [-0.1, -0.05) is 60.7 Å². The Kier molecular flexibility index (Phi) is 10.9. The van der Waals surface area contributed by atoms with Crippen LogP contribution in [0.4, 0.5) is 0 Å². The molecule has 3 aromatic carbocycles. The van der Waals surface area contributed by atoms with E-state index < -0.39 is 28.1 Å². The molecule has 3 unspecified atom stereocenters. The zero-order chi connectivity index (χ0) is 32.7. The van der Waals surface area contributed by atoms with E-state index in [0.29, 0.717) is 26.1 Å². The Bertz CT molecular complexity index is 1640. The molecule has 246 valence electrons. The summed E-state index contributed by atoms with van der Waals surface area (Å²) in [4.78, 5) is 32.4. The summed E-state index contributed by atoms with van der Waals surface area (Å²) in [6.07, 6.45) is 0.685. The van der Waals surface area contributed by atoms with Crippen molar-refractivity contribution in [2.45, 2.75) is 49.0 Å². The third-order valence-corrected chi connectivity index (χ3v) is 10.0. The first kappa shape index (κ1) is 33.3. The predicted molar refractivity (Wildman–Crippen MR) is 174 cm³/mol. The van der Waals surface area contributed by atoms with Gasteiger partial charge in [0.15, 0.2) is 5.96 Å². The number of piperidine rings is 1. The van der Waals surface area contributed by atoms with E-state index in [1.54, 1.807) is 33.9 Å². The number of hydrogen-bond donors (Lipinski definition) is 3. The number of sulfonamides is 1. The van der Waals surface area contributed by atoms with Crippen molar-refractivity contribution in [2.24, 2.45) is 5.73 Å². The van der Waals surface area contributed by atoms with Crippen molar-refractivity contribution >= 4 is 38.6 Å². The minimum absolute atomic E-state index is 0.00310. The van der Waals surface area contributed by atoms with E-state index in [9.17, 15) is 18.0 Å². The van der Waals surface area contributed by atoms with Crippen molar-refractivity contribution in [3.8, 4) is 0 Å². The van der Waals surface area contributed by atoms with Gasteiger partial charge in [0.1, 0.15) is 6.04 Å². The number of carbonyl (C=O) groups is 2. The molecule has 5 rings (SSSR count). The number of ether oxygens (including phenoxy) is 2. The van der Waals surface area contributed by atoms with E-state index in [4.69, 9.17) is 20.6 Å². The fraction of sp³-hybridized carbons (Fsp3) is 0.424. The highest BCUT2D eigenvalue weighted by molar-refractivity contribution is 7.89. The van der Waals surface area contributed by atoms with Crippen LogP contribution in [0.5, 0.6) is 0 Å². The van der Waals surface area contributed by atoms with E-state index in [0.717, 1.165) is 22.8 Å². The highest BCUT2D eigenvalue weighted by Crippen LogP contribution is 2.21. The molecule has 0 bridgehead atoms. The van der Waals surface area contributed by atoms with Gasteiger partial charge in [-0.05, 0) is 41.3 Å². The Morgan fingerprint density at radius 3 is 2.54 bits per heavy atom. The largest absolute Gasteiger partial charge is 0.374 e. The second-order valence-corrected chi connectivity index (χ2v) is 13.5. The number of rotatable bonds is 11. The number of fused-ring (bicyclic) bond motifs is 1. The maximum absolute atomic E-state index is 14.0. The molecule has 2 fully saturated rings. The van der Waals surface area contributed by atoms with Crippen molar-refractivity contribution in [1.82, 2.24) is 19.4 Å². The van der Waals surface area contributed by atoms with Gasteiger partial charge in [0.2, 0.25) is 21.8 Å². The molecular weight excluding hydrogens is 608 g/mol. The normalized spacial score (nSPS) is 19.5. The van der Waals surface area contributed by atoms with Gasteiger partial charge in [0.25, 0.3) is 0 Å². The van der Waals surface area contributed by atoms with Crippen LogP contribution >= 0.6 is 0 Å². The lowest BCUT2D eigenvalue weighted by atomic mass is 10.0. The molecule has 2 aliphatic heterocycles. The minimum Gasteiger partial charge on any atom is -0.374 e. The first-order valence-electron chi connectivity index (χ1n) is 15.5. The molecule has 0 saturated carbocycles. The standard InChI is InChI=1S/C33H42N6O6S/c1-37(27-12-7-15-39(20-27)33(34)35)31(40)19-30(36-46(42,43)29-14-13-25-10-5-6-11-26(25)18-29)32(41)38-16-17-45-28(21-38)23-44-22-24-8-3-2-4-9-24/h2-6,8-11,13-14,18,27-28,30,36H,7,12,15-17,19-23H2,1H3,(H3,34,35). The topological polar surface area (TPSA) is 158 Å². The SMILES string of the molecule is CN(C(=O)CC(NS(=O)(=O)c1ccc2ccccc2c1)C(=O)N1CCOC(COCc2ccccc2)C1)C1CCCN(C(=N)N)C1. The van der Waals surface area contributed by atoms with Gasteiger partial charge in [0.05, 0.1) is 37.2 Å². The lowest BCUT2D eigenvalue weighted by molar-refractivity contribution is -0.146. The van der Waals surface area contributed by atoms with Crippen LogP contribution in [0.2, 0.25) is 0 Å². The number of morpholine rings is 1. The van der Waals surface area contributed by atoms with E-state index in [2.05, 4.69) is 4.72 Å². The van der Waals surface area contributed by atoms with Gasteiger partial charge in [0, 0.05) is 39.3 Å². The van der Waals surface area contributed by atoms with Gasteiger partial charge in [-0.3, -0.25) is 15.0 Å². The molecule has 0 aliphatic carbocycles. The Hall–Kier alpha value is -4.04. The Morgan fingerprint density at radius 2 is 1.78 bits per heavy atom. The third-order valence-electron chi connectivity index (χ3n) is 8.55. The number of likely N-dealkylation sites (tertiary alicyclic amines) is 1. The van der Waals surface area contributed by atoms with Crippen LogP contribution in [0.1, 0.15) is 24.8 Å². The van der Waals surface area contributed by atoms with E-state index >= 15 is 0 Å². The van der Waals surface area contributed by atoms with Crippen molar-refractivity contribution in [3.63, 3.8) is 0 Å². The summed E-state index contributed by atoms with van der Waals surface area (Å²) >= 11 is 0. The average molecular weight is 651 g/mol. The molecule has 13 heteroatoms. The molecule has 2 heterocycles. The van der Waals surface area contributed by atoms with Crippen LogP contribution in [-0.2, 0) is 35.7 Å². The first-order valence-corrected chi connectivity index (χ1v) is 17.0. The zero-order valence-electron chi connectivity index (χ0n) is 26.0. The number of nitrogens with zero attached hydrogens (tertiary/aromatic N) is 3. The fourth-order valence-corrected chi connectivity index (χ4v) is 7.13. The van der Waals surface area contributed by atoms with Crippen molar-refractivity contribution in [2.75, 3.05) is 46.4 Å². The van der Waals surface area contributed by atoms with Crippen LogP contribution in [0.3, 0.4) is 0 Å². The Morgan fingerprint density at radius 1 is 1.04 bits per heavy atom. The molecule has 3 aromatic rings. The number of hydrogen-bond acceptors (Lipinski definition) is 7. The number of carbonyl (C=O) groups excluding carboxylic acids is 2. The molecule has 0 aromatic heterocycles. The van der Waals surface area contributed by atoms with Gasteiger partial charge < -0.3 is 29.9 Å². The summed E-state index contributed by atoms with van der Waals surface area (Å²) in [6.45, 7) is 2.38. The Labute approximate surface area is 270 Å². The monoisotopic (exact) mass is 650 g/mol. The highest BCUT2D eigenvalue weighted by atomic mass is 32.2. The molecule has 3 atom stereocenters. The van der Waals surface area contributed by atoms with Crippen molar-refractivity contribution in [1.29, 1.82) is 5.41 Å². The number of nitrogens with one attached hydrogen (secondary N) is 2. The number of amides is 2. The molecule has 4 N–H and O–H groups in total. The molecule has 2 amide bonds. The zero-order valence-corrected chi connectivity index (χ0v) is 26.8. The summed E-state index contributed by atoms with van der Waals surface area (Å²) in [5.41, 5.74) is 6.71. The van der Waals surface area contributed by atoms with Crippen LogP contribution < -0.4 is 10.5 Å². The number of benzene rings is 3. The van der Waals surface area contributed by atoms with Crippen molar-refractivity contribution in [3.05, 3.63) is 78.4 Å². The second kappa shape index (κ2) is 15.0. The van der Waals surface area contributed by atoms with E-state index in [1.807, 2.05) is 54.6 Å². The van der Waals surface area contributed by atoms with Gasteiger partial charge >= 0.3 is 0 Å². The summed E-state index contributed by atoms with van der Waals surface area (Å²) in [7, 11) is -2.54. The van der Waals surface area contributed by atoms with E-state index in [1.165, 1.54) is 6.07 Å².